The minimum absolute atomic E-state index is 0.0746. The van der Waals surface area contributed by atoms with Crippen LogP contribution in [-0.2, 0) is 20.9 Å². The minimum Gasteiger partial charge on any atom is -0.466 e. The molecule has 0 aliphatic carbocycles. The fourth-order valence-corrected chi connectivity index (χ4v) is 3.80. The maximum atomic E-state index is 12.3. The van der Waals surface area contributed by atoms with E-state index in [1.54, 1.807) is 6.92 Å². The maximum absolute atomic E-state index is 12.3. The molecule has 1 aliphatic heterocycles. The monoisotopic (exact) mass is 437 g/mol. The van der Waals surface area contributed by atoms with Gasteiger partial charge >= 0.3 is 5.97 Å². The van der Waals surface area contributed by atoms with Crippen molar-refractivity contribution >= 4 is 40.1 Å². The number of carbonyl (C=O) groups excluding carboxylic acids is 2. The van der Waals surface area contributed by atoms with Gasteiger partial charge in [0.2, 0.25) is 5.91 Å². The lowest BCUT2D eigenvalue weighted by atomic mass is 10.1. The quantitative estimate of drug-likeness (QED) is 0.617. The summed E-state index contributed by atoms with van der Waals surface area (Å²) < 4.78 is 5.09. The summed E-state index contributed by atoms with van der Waals surface area (Å²) in [4.78, 5) is 29.1. The Kier molecular flexibility index (Phi) is 7.89. The summed E-state index contributed by atoms with van der Waals surface area (Å²) in [5, 5.41) is 6.91. The van der Waals surface area contributed by atoms with Gasteiger partial charge in [0.1, 0.15) is 0 Å². The van der Waals surface area contributed by atoms with Crippen LogP contribution in [0.3, 0.4) is 0 Å². The molecule has 0 aromatic heterocycles. The molecule has 1 amide bonds. The summed E-state index contributed by atoms with van der Waals surface area (Å²) in [5.74, 6) is -0.150. The average Bonchev–Trinajstić information content (AvgIpc) is 2.90. The highest BCUT2D eigenvalue weighted by Gasteiger charge is 2.16. The predicted octanol–water partition coefficient (Wildman–Crippen LogP) is 4.65. The second-order valence-electron chi connectivity index (χ2n) is 7.23. The Labute approximate surface area is 187 Å². The van der Waals surface area contributed by atoms with Crippen molar-refractivity contribution in [3.05, 3.63) is 70.9 Å². The number of ether oxygens (including phenoxy) is 1. The molecular formula is C24H27N3O3S. The van der Waals surface area contributed by atoms with Crippen molar-refractivity contribution in [2.24, 2.45) is 4.99 Å². The number of nitrogens with one attached hydrogen (secondary N) is 2. The van der Waals surface area contributed by atoms with E-state index in [0.29, 0.717) is 23.9 Å². The second-order valence-corrected chi connectivity index (χ2v) is 8.23. The average molecular weight is 438 g/mol. The molecule has 0 saturated carbocycles. The molecule has 2 aromatic carbocycles. The molecule has 162 valence electrons. The number of carbonyl (C=O) groups is 2. The van der Waals surface area contributed by atoms with Gasteiger partial charge in [-0.25, -0.2) is 4.99 Å². The first kappa shape index (κ1) is 22.6. The molecule has 7 heteroatoms. The lowest BCUT2D eigenvalue weighted by molar-refractivity contribution is -0.142. The van der Waals surface area contributed by atoms with Gasteiger partial charge in [0.25, 0.3) is 0 Å². The number of rotatable bonds is 7. The molecule has 0 radical (unpaired) electrons. The Morgan fingerprint density at radius 3 is 2.61 bits per heavy atom. The van der Waals surface area contributed by atoms with Gasteiger partial charge in [-0.1, -0.05) is 42.1 Å². The Morgan fingerprint density at radius 2 is 1.87 bits per heavy atom. The van der Waals surface area contributed by atoms with Crippen molar-refractivity contribution in [1.82, 2.24) is 5.32 Å². The Morgan fingerprint density at radius 1 is 1.13 bits per heavy atom. The SMILES string of the molecule is CCOC(=O)CC1=CC(SCC(=O)NCc2ccccc2)=Nc2cc(C)c(C)cc2N1. The number of aryl methyl sites for hydroxylation is 2. The first-order valence-corrected chi connectivity index (χ1v) is 11.2. The lowest BCUT2D eigenvalue weighted by Gasteiger charge is -2.12. The van der Waals surface area contributed by atoms with Crippen LogP contribution >= 0.6 is 11.8 Å². The molecule has 0 fully saturated rings. The van der Waals surface area contributed by atoms with Crippen LogP contribution in [0.2, 0.25) is 0 Å². The summed E-state index contributed by atoms with van der Waals surface area (Å²) in [7, 11) is 0. The highest BCUT2D eigenvalue weighted by atomic mass is 32.2. The number of aliphatic imine (C=N–C) groups is 1. The molecule has 2 N–H and O–H groups in total. The number of amides is 1. The van der Waals surface area contributed by atoms with E-state index in [4.69, 9.17) is 9.73 Å². The summed E-state index contributed by atoms with van der Waals surface area (Å²) in [6.45, 7) is 6.67. The molecule has 2 aromatic rings. The highest BCUT2D eigenvalue weighted by molar-refractivity contribution is 8.14. The van der Waals surface area contributed by atoms with E-state index >= 15 is 0 Å². The van der Waals surface area contributed by atoms with E-state index in [-0.39, 0.29) is 24.1 Å². The van der Waals surface area contributed by atoms with E-state index in [1.165, 1.54) is 11.8 Å². The van der Waals surface area contributed by atoms with E-state index < -0.39 is 0 Å². The molecule has 0 saturated heterocycles. The third-order valence-electron chi connectivity index (χ3n) is 4.76. The molecule has 3 rings (SSSR count). The zero-order valence-electron chi connectivity index (χ0n) is 18.0. The van der Waals surface area contributed by atoms with Crippen LogP contribution in [-0.4, -0.2) is 29.3 Å². The molecule has 0 bridgehead atoms. The Hall–Kier alpha value is -3.06. The standard InChI is InChI=1S/C24H27N3O3S/c1-4-30-24(29)13-19-12-23(27-21-11-17(3)16(2)10-20(21)26-19)31-15-22(28)25-14-18-8-6-5-7-9-18/h5-12,26H,4,13-15H2,1-3H3,(H,25,28). The summed E-state index contributed by atoms with van der Waals surface area (Å²) >= 11 is 1.34. The van der Waals surface area contributed by atoms with Crippen LogP contribution in [0.5, 0.6) is 0 Å². The third-order valence-corrected chi connectivity index (χ3v) is 5.67. The van der Waals surface area contributed by atoms with Crippen LogP contribution in [0, 0.1) is 13.8 Å². The zero-order chi connectivity index (χ0) is 22.2. The van der Waals surface area contributed by atoms with Crippen molar-refractivity contribution in [3.8, 4) is 0 Å². The molecule has 0 unspecified atom stereocenters. The van der Waals surface area contributed by atoms with Crippen molar-refractivity contribution in [2.45, 2.75) is 33.7 Å². The van der Waals surface area contributed by atoms with Crippen molar-refractivity contribution in [3.63, 3.8) is 0 Å². The van der Waals surface area contributed by atoms with Gasteiger partial charge in [0, 0.05) is 12.2 Å². The molecule has 31 heavy (non-hydrogen) atoms. The van der Waals surface area contributed by atoms with Gasteiger partial charge in [0.15, 0.2) is 0 Å². The summed E-state index contributed by atoms with van der Waals surface area (Å²) in [6.07, 6.45) is 1.93. The van der Waals surface area contributed by atoms with Crippen LogP contribution in [0.1, 0.15) is 30.0 Å². The summed E-state index contributed by atoms with van der Waals surface area (Å²) in [6, 6.07) is 13.8. The number of esters is 1. The Balaban J connectivity index is 1.72. The number of nitrogens with zero attached hydrogens (tertiary/aromatic N) is 1. The van der Waals surface area contributed by atoms with Gasteiger partial charge in [-0.05, 0) is 55.7 Å². The second kappa shape index (κ2) is 10.8. The number of hydrogen-bond acceptors (Lipinski definition) is 6. The van der Waals surface area contributed by atoms with E-state index in [0.717, 1.165) is 28.1 Å². The van der Waals surface area contributed by atoms with E-state index in [2.05, 4.69) is 10.6 Å². The van der Waals surface area contributed by atoms with E-state index in [9.17, 15) is 9.59 Å². The van der Waals surface area contributed by atoms with Crippen molar-refractivity contribution in [2.75, 3.05) is 17.7 Å². The first-order valence-electron chi connectivity index (χ1n) is 10.2. The fourth-order valence-electron chi connectivity index (χ4n) is 3.03. The molecule has 0 spiro atoms. The molecule has 1 aliphatic rings. The van der Waals surface area contributed by atoms with Crippen molar-refractivity contribution < 1.29 is 14.3 Å². The number of benzene rings is 2. The van der Waals surface area contributed by atoms with Gasteiger partial charge in [-0.2, -0.15) is 0 Å². The molecule has 0 atom stereocenters. The van der Waals surface area contributed by atoms with Crippen molar-refractivity contribution in [1.29, 1.82) is 0 Å². The van der Waals surface area contributed by atoms with Gasteiger partial charge in [-0.3, -0.25) is 9.59 Å². The van der Waals surface area contributed by atoms with Gasteiger partial charge in [-0.15, -0.1) is 0 Å². The summed E-state index contributed by atoms with van der Waals surface area (Å²) in [5.41, 5.74) is 5.62. The predicted molar refractivity (Wildman–Crippen MR) is 127 cm³/mol. The smallest absolute Gasteiger partial charge is 0.311 e. The van der Waals surface area contributed by atoms with Crippen LogP contribution < -0.4 is 10.6 Å². The van der Waals surface area contributed by atoms with Crippen LogP contribution in [0.15, 0.2) is 59.2 Å². The van der Waals surface area contributed by atoms with Gasteiger partial charge in [0.05, 0.1) is 35.2 Å². The number of thioether (sulfide) groups is 1. The number of anilines is 1. The van der Waals surface area contributed by atoms with E-state index in [1.807, 2.05) is 62.4 Å². The topological polar surface area (TPSA) is 79.8 Å². The fraction of sp³-hybridized carbons (Fsp3) is 0.292. The maximum Gasteiger partial charge on any atom is 0.311 e. The number of hydrogen-bond donors (Lipinski definition) is 2. The molecule has 1 heterocycles. The van der Waals surface area contributed by atoms with Crippen LogP contribution in [0.4, 0.5) is 11.4 Å². The van der Waals surface area contributed by atoms with Crippen LogP contribution in [0.25, 0.3) is 0 Å². The largest absolute Gasteiger partial charge is 0.466 e. The van der Waals surface area contributed by atoms with Gasteiger partial charge < -0.3 is 15.4 Å². The first-order chi connectivity index (χ1) is 14.9. The minimum atomic E-state index is -0.307. The highest BCUT2D eigenvalue weighted by Crippen LogP contribution is 2.33. The normalized spacial score (nSPS) is 12.6. The zero-order valence-corrected chi connectivity index (χ0v) is 18.8. The third kappa shape index (κ3) is 6.72. The Bertz CT molecular complexity index is 1020. The number of fused-ring (bicyclic) bond motifs is 1. The molecular weight excluding hydrogens is 410 g/mol. The molecule has 6 nitrogen and oxygen atoms in total. The lowest BCUT2D eigenvalue weighted by Crippen LogP contribution is -2.25.